The molecule has 0 saturated carbocycles. The van der Waals surface area contributed by atoms with E-state index >= 15 is 0 Å². The summed E-state index contributed by atoms with van der Waals surface area (Å²) in [5.74, 6) is 2.50. The minimum atomic E-state index is 0.171. The van der Waals surface area contributed by atoms with Crippen LogP contribution in [0.1, 0.15) is 17.9 Å². The van der Waals surface area contributed by atoms with Crippen LogP contribution in [0.5, 0.6) is 17.4 Å². The molecule has 0 aliphatic rings. The second kappa shape index (κ2) is 9.39. The minimum Gasteiger partial charge on any atom is -0.493 e. The highest BCUT2D eigenvalue weighted by Gasteiger charge is 2.18. The van der Waals surface area contributed by atoms with Crippen molar-refractivity contribution in [3.63, 3.8) is 0 Å². The lowest BCUT2D eigenvalue weighted by atomic mass is 10.3. The van der Waals surface area contributed by atoms with Gasteiger partial charge in [-0.3, -0.25) is 4.98 Å². The Bertz CT molecular complexity index is 1160. The van der Waals surface area contributed by atoms with E-state index in [2.05, 4.69) is 25.4 Å². The van der Waals surface area contributed by atoms with Crippen molar-refractivity contribution in [3.05, 3.63) is 41.9 Å². The van der Waals surface area contributed by atoms with Gasteiger partial charge in [0.2, 0.25) is 5.82 Å². The van der Waals surface area contributed by atoms with Gasteiger partial charge in [-0.25, -0.2) is 0 Å². The summed E-state index contributed by atoms with van der Waals surface area (Å²) in [4.78, 5) is 4.32. The van der Waals surface area contributed by atoms with Gasteiger partial charge in [0.15, 0.2) is 17.1 Å². The Hall–Kier alpha value is -3.73. The van der Waals surface area contributed by atoms with Crippen molar-refractivity contribution in [2.75, 3.05) is 27.4 Å². The molecular weight excluding hydrogens is 404 g/mol. The van der Waals surface area contributed by atoms with Gasteiger partial charge < -0.3 is 23.5 Å². The van der Waals surface area contributed by atoms with Crippen molar-refractivity contribution in [1.82, 2.24) is 30.0 Å². The summed E-state index contributed by atoms with van der Waals surface area (Å²) < 4.78 is 28.7. The summed E-state index contributed by atoms with van der Waals surface area (Å²) in [6.45, 7) is 3.17. The second-order valence-corrected chi connectivity index (χ2v) is 6.60. The molecular formula is C20H22N6O5. The molecule has 31 heavy (non-hydrogen) atoms. The van der Waals surface area contributed by atoms with Crippen molar-refractivity contribution in [1.29, 1.82) is 0 Å². The molecule has 4 aromatic rings. The molecule has 0 spiro atoms. The molecule has 0 aromatic carbocycles. The Kier molecular flexibility index (Phi) is 6.22. The molecule has 0 saturated heterocycles. The van der Waals surface area contributed by atoms with Gasteiger partial charge in [-0.2, -0.15) is 4.52 Å². The zero-order valence-corrected chi connectivity index (χ0v) is 17.4. The van der Waals surface area contributed by atoms with Crippen LogP contribution in [0.25, 0.3) is 17.2 Å². The summed E-state index contributed by atoms with van der Waals surface area (Å²) in [7, 11) is 3.20. The third-order valence-corrected chi connectivity index (χ3v) is 4.31. The van der Waals surface area contributed by atoms with Gasteiger partial charge >= 0.3 is 0 Å². The first-order valence-corrected chi connectivity index (χ1v) is 9.61. The summed E-state index contributed by atoms with van der Waals surface area (Å²) >= 11 is 0. The fraction of sp³-hybridized carbons (Fsp3) is 0.350. The van der Waals surface area contributed by atoms with Crippen molar-refractivity contribution >= 4 is 5.65 Å². The number of hydrogen-bond acceptors (Lipinski definition) is 10. The second-order valence-electron chi connectivity index (χ2n) is 6.60. The van der Waals surface area contributed by atoms with E-state index in [4.69, 9.17) is 23.5 Å². The van der Waals surface area contributed by atoms with Crippen LogP contribution >= 0.6 is 0 Å². The Labute approximate surface area is 177 Å². The van der Waals surface area contributed by atoms with E-state index in [0.29, 0.717) is 53.3 Å². The van der Waals surface area contributed by atoms with Crippen LogP contribution in [0, 0.1) is 6.92 Å². The van der Waals surface area contributed by atoms with Crippen LogP contribution in [0.2, 0.25) is 0 Å². The lowest BCUT2D eigenvalue weighted by molar-refractivity contribution is 0.172. The van der Waals surface area contributed by atoms with E-state index in [1.165, 1.54) is 11.6 Å². The molecule has 0 aliphatic carbocycles. The largest absolute Gasteiger partial charge is 0.493 e. The Morgan fingerprint density at radius 2 is 1.97 bits per heavy atom. The zero-order valence-electron chi connectivity index (χ0n) is 17.4. The van der Waals surface area contributed by atoms with E-state index < -0.39 is 0 Å². The molecule has 4 aromatic heterocycles. The highest BCUT2D eigenvalue weighted by molar-refractivity contribution is 5.56. The molecule has 11 heteroatoms. The van der Waals surface area contributed by atoms with Gasteiger partial charge in [0.05, 0.1) is 19.4 Å². The molecule has 11 nitrogen and oxygen atoms in total. The van der Waals surface area contributed by atoms with Crippen LogP contribution in [0.15, 0.2) is 35.0 Å². The van der Waals surface area contributed by atoms with Crippen molar-refractivity contribution < 1.29 is 23.5 Å². The predicted molar refractivity (Wildman–Crippen MR) is 108 cm³/mol. The summed E-state index contributed by atoms with van der Waals surface area (Å²) in [6, 6.07) is 7.06. The number of rotatable bonds is 10. The molecule has 0 fully saturated rings. The Balaban J connectivity index is 1.52. The van der Waals surface area contributed by atoms with Crippen LogP contribution in [-0.4, -0.2) is 57.4 Å². The van der Waals surface area contributed by atoms with Gasteiger partial charge in [-0.15, -0.1) is 15.3 Å². The van der Waals surface area contributed by atoms with Gasteiger partial charge in [0.25, 0.3) is 5.88 Å². The fourth-order valence-corrected chi connectivity index (χ4v) is 2.84. The number of fused-ring (bicyclic) bond motifs is 1. The topological polar surface area (TPSA) is 119 Å². The lowest BCUT2D eigenvalue weighted by Gasteiger charge is -2.11. The molecule has 0 radical (unpaired) electrons. The Morgan fingerprint density at radius 3 is 2.74 bits per heavy atom. The molecule has 162 valence electrons. The van der Waals surface area contributed by atoms with Crippen LogP contribution < -0.4 is 14.2 Å². The first-order valence-electron chi connectivity index (χ1n) is 9.61. The fourth-order valence-electron chi connectivity index (χ4n) is 2.84. The number of ether oxygens (including phenoxy) is 4. The third-order valence-electron chi connectivity index (χ3n) is 4.31. The van der Waals surface area contributed by atoms with E-state index in [-0.39, 0.29) is 12.5 Å². The van der Waals surface area contributed by atoms with E-state index in [9.17, 15) is 0 Å². The minimum absolute atomic E-state index is 0.171. The number of hydrogen-bond donors (Lipinski definition) is 0. The normalized spacial score (nSPS) is 11.1. The lowest BCUT2D eigenvalue weighted by Crippen LogP contribution is -2.06. The average molecular weight is 426 g/mol. The number of methoxy groups -OCH3 is 2. The maximum absolute atomic E-state index is 5.89. The van der Waals surface area contributed by atoms with Gasteiger partial charge in [0, 0.05) is 44.5 Å². The van der Waals surface area contributed by atoms with Crippen molar-refractivity contribution in [3.8, 4) is 28.9 Å². The number of aryl methyl sites for hydroxylation is 1. The summed E-state index contributed by atoms with van der Waals surface area (Å²) in [5.41, 5.74) is 1.70. The van der Waals surface area contributed by atoms with Gasteiger partial charge in [-0.05, 0) is 13.0 Å². The molecule has 0 N–H and O–H groups in total. The standard InChI is InChI=1S/C20H22N6O5/c1-13-9-16(25-31-13)19-23-22-18-11-17(28-3)20(24-26(18)19)30-12-14-10-15(5-6-21-14)29-8-4-7-27-2/h5-6,9-11H,4,7-8,12H2,1-3H3. The monoisotopic (exact) mass is 426 g/mol. The molecule has 4 rings (SSSR count). The summed E-state index contributed by atoms with van der Waals surface area (Å²) in [6.07, 6.45) is 2.47. The first-order chi connectivity index (χ1) is 15.2. The van der Waals surface area contributed by atoms with Crippen molar-refractivity contribution in [2.45, 2.75) is 20.0 Å². The molecule has 0 atom stereocenters. The van der Waals surface area contributed by atoms with Crippen molar-refractivity contribution in [2.24, 2.45) is 0 Å². The third kappa shape index (κ3) is 4.72. The quantitative estimate of drug-likeness (QED) is 0.350. The molecule has 0 unspecified atom stereocenters. The predicted octanol–water partition coefficient (Wildman–Crippen LogP) is 2.49. The molecule has 0 aliphatic heterocycles. The maximum Gasteiger partial charge on any atom is 0.275 e. The van der Waals surface area contributed by atoms with Gasteiger partial charge in [-0.1, -0.05) is 5.16 Å². The smallest absolute Gasteiger partial charge is 0.275 e. The zero-order chi connectivity index (χ0) is 21.6. The Morgan fingerprint density at radius 1 is 1.06 bits per heavy atom. The van der Waals surface area contributed by atoms with E-state index in [1.807, 2.05) is 6.07 Å². The van der Waals surface area contributed by atoms with Crippen LogP contribution in [0.4, 0.5) is 0 Å². The summed E-state index contributed by atoms with van der Waals surface area (Å²) in [5, 5.41) is 16.7. The first kappa shape index (κ1) is 20.5. The highest BCUT2D eigenvalue weighted by atomic mass is 16.5. The van der Waals surface area contributed by atoms with E-state index in [0.717, 1.165) is 6.42 Å². The highest BCUT2D eigenvalue weighted by Crippen LogP contribution is 2.28. The van der Waals surface area contributed by atoms with Crippen LogP contribution in [-0.2, 0) is 11.3 Å². The molecule has 4 heterocycles. The molecule has 0 bridgehead atoms. The number of pyridine rings is 1. The number of nitrogens with zero attached hydrogens (tertiary/aromatic N) is 6. The van der Waals surface area contributed by atoms with Crippen LogP contribution in [0.3, 0.4) is 0 Å². The van der Waals surface area contributed by atoms with E-state index in [1.54, 1.807) is 38.4 Å². The maximum atomic E-state index is 5.89. The van der Waals surface area contributed by atoms with Gasteiger partial charge in [0.1, 0.15) is 18.1 Å². The SMILES string of the molecule is COCCCOc1ccnc(COc2nn3c(-c4cc(C)on4)nnc3cc2OC)c1. The number of aromatic nitrogens is 6. The average Bonchev–Trinajstić information content (AvgIpc) is 3.40. The molecule has 0 amide bonds.